The number of nitrogens with one attached hydrogen (secondary N) is 1. The molecule has 1 aromatic carbocycles. The summed E-state index contributed by atoms with van der Waals surface area (Å²) in [6.07, 6.45) is -0.248. The Hall–Kier alpha value is -1.21. The van der Waals surface area contributed by atoms with Gasteiger partial charge in [0.05, 0.1) is 17.0 Å². The van der Waals surface area contributed by atoms with Gasteiger partial charge in [0.15, 0.2) is 0 Å². The molecule has 0 saturated heterocycles. The minimum Gasteiger partial charge on any atom is -0.391 e. The fourth-order valence-corrected chi connectivity index (χ4v) is 5.62. The maximum Gasteiger partial charge on any atom is 0.242 e. The van der Waals surface area contributed by atoms with Crippen molar-refractivity contribution >= 4 is 21.4 Å². The number of aliphatic hydroxyl groups excluding tert-OH is 1. The third kappa shape index (κ3) is 2.64. The van der Waals surface area contributed by atoms with Gasteiger partial charge in [-0.15, -0.1) is 11.3 Å². The molecule has 1 aromatic heterocycles. The molecule has 2 N–H and O–H groups in total. The van der Waals surface area contributed by atoms with Crippen LogP contribution in [0.5, 0.6) is 0 Å². The molecule has 3 rings (SSSR count). The fourth-order valence-electron chi connectivity index (χ4n) is 2.82. The Morgan fingerprint density at radius 2 is 2.00 bits per heavy atom. The lowest BCUT2D eigenvalue weighted by Crippen LogP contribution is -2.34. The molecule has 0 fully saturated rings. The summed E-state index contributed by atoms with van der Waals surface area (Å²) in [5, 5.41) is 10.2. The third-order valence-electron chi connectivity index (χ3n) is 3.77. The van der Waals surface area contributed by atoms with E-state index in [1.807, 2.05) is 31.2 Å². The van der Waals surface area contributed by atoms with Gasteiger partial charge in [0.2, 0.25) is 10.0 Å². The smallest absolute Gasteiger partial charge is 0.242 e. The second kappa shape index (κ2) is 5.21. The van der Waals surface area contributed by atoms with E-state index in [4.69, 9.17) is 0 Å². The van der Waals surface area contributed by atoms with Crippen LogP contribution >= 0.6 is 11.3 Å². The molecule has 0 unspecified atom stereocenters. The molecule has 0 spiro atoms. The number of aryl methyl sites for hydroxylation is 2. The van der Waals surface area contributed by atoms with Gasteiger partial charge in [-0.2, -0.15) is 0 Å². The molecule has 2 aromatic rings. The molecule has 21 heavy (non-hydrogen) atoms. The number of rotatable bonds is 3. The number of sulfonamides is 1. The van der Waals surface area contributed by atoms with Crippen LogP contribution in [-0.4, -0.2) is 19.6 Å². The summed E-state index contributed by atoms with van der Waals surface area (Å²) >= 11 is 1.46. The molecule has 2 atom stereocenters. The number of thiophene rings is 1. The van der Waals surface area contributed by atoms with Gasteiger partial charge in [-0.25, -0.2) is 13.1 Å². The Morgan fingerprint density at radius 1 is 1.29 bits per heavy atom. The summed E-state index contributed by atoms with van der Waals surface area (Å²) in [4.78, 5) is 2.03. The van der Waals surface area contributed by atoms with Crippen LogP contribution in [-0.2, 0) is 16.4 Å². The Bertz CT molecular complexity index is 780. The fraction of sp³-hybridized carbons (Fsp3) is 0.333. The predicted molar refractivity (Wildman–Crippen MR) is 83.0 cm³/mol. The van der Waals surface area contributed by atoms with Crippen LogP contribution in [0.25, 0.3) is 0 Å². The van der Waals surface area contributed by atoms with Gasteiger partial charge in [0.25, 0.3) is 0 Å². The molecule has 1 aliphatic carbocycles. The van der Waals surface area contributed by atoms with Gasteiger partial charge < -0.3 is 5.11 Å². The zero-order chi connectivity index (χ0) is 15.2. The molecule has 1 aliphatic rings. The highest BCUT2D eigenvalue weighted by molar-refractivity contribution is 7.89. The monoisotopic (exact) mass is 323 g/mol. The van der Waals surface area contributed by atoms with Crippen LogP contribution in [0.15, 0.2) is 35.2 Å². The van der Waals surface area contributed by atoms with Crippen molar-refractivity contribution in [3.63, 3.8) is 0 Å². The third-order valence-corrected chi connectivity index (χ3v) is 6.43. The SMILES string of the molecule is Cc1cc(S(=O)(=O)N[C@H]2c3ccccc3C[C@H]2O)c(C)s1. The molecule has 112 valence electrons. The van der Waals surface area contributed by atoms with Crippen molar-refractivity contribution in [2.75, 3.05) is 0 Å². The van der Waals surface area contributed by atoms with E-state index in [0.29, 0.717) is 11.3 Å². The van der Waals surface area contributed by atoms with Crippen LogP contribution in [0, 0.1) is 13.8 Å². The van der Waals surface area contributed by atoms with Crippen molar-refractivity contribution in [2.45, 2.75) is 37.3 Å². The Kier molecular flexibility index (Phi) is 3.65. The second-order valence-corrected chi connectivity index (χ2v) is 8.49. The second-order valence-electron chi connectivity index (χ2n) is 5.35. The largest absolute Gasteiger partial charge is 0.391 e. The molecular formula is C15H17NO3S2. The molecule has 0 amide bonds. The van der Waals surface area contributed by atoms with Gasteiger partial charge in [-0.05, 0) is 31.0 Å². The lowest BCUT2D eigenvalue weighted by molar-refractivity contribution is 0.151. The Labute approximate surface area is 128 Å². The summed E-state index contributed by atoms with van der Waals surface area (Å²) in [5.41, 5.74) is 1.86. The molecule has 0 aliphatic heterocycles. The number of hydrogen-bond donors (Lipinski definition) is 2. The Balaban J connectivity index is 1.95. The molecule has 4 nitrogen and oxygen atoms in total. The molecule has 0 saturated carbocycles. The minimum absolute atomic E-state index is 0.307. The van der Waals surface area contributed by atoms with E-state index in [-0.39, 0.29) is 0 Å². The summed E-state index contributed by atoms with van der Waals surface area (Å²) in [7, 11) is -3.63. The van der Waals surface area contributed by atoms with E-state index in [2.05, 4.69) is 4.72 Å². The lowest BCUT2D eigenvalue weighted by atomic mass is 10.1. The van der Waals surface area contributed by atoms with Crippen molar-refractivity contribution in [3.8, 4) is 0 Å². The summed E-state index contributed by atoms with van der Waals surface area (Å²) in [6.45, 7) is 3.68. The van der Waals surface area contributed by atoms with E-state index in [1.165, 1.54) is 11.3 Å². The van der Waals surface area contributed by atoms with Gasteiger partial charge in [0.1, 0.15) is 0 Å². The van der Waals surface area contributed by atoms with Gasteiger partial charge in [-0.3, -0.25) is 0 Å². The van der Waals surface area contributed by atoms with Crippen molar-refractivity contribution in [2.24, 2.45) is 0 Å². The highest BCUT2D eigenvalue weighted by Gasteiger charge is 2.34. The van der Waals surface area contributed by atoms with E-state index < -0.39 is 22.2 Å². The van der Waals surface area contributed by atoms with Crippen molar-refractivity contribution in [1.82, 2.24) is 4.72 Å². The average Bonchev–Trinajstić information content (AvgIpc) is 2.91. The molecule has 0 radical (unpaired) electrons. The highest BCUT2D eigenvalue weighted by atomic mass is 32.2. The van der Waals surface area contributed by atoms with Gasteiger partial charge >= 0.3 is 0 Å². The molecule has 1 heterocycles. The van der Waals surface area contributed by atoms with Crippen LogP contribution in [0.4, 0.5) is 0 Å². The number of fused-ring (bicyclic) bond motifs is 1. The number of benzene rings is 1. The van der Waals surface area contributed by atoms with Crippen LogP contribution < -0.4 is 4.72 Å². The first-order chi connectivity index (χ1) is 9.88. The molecule has 6 heteroatoms. The lowest BCUT2D eigenvalue weighted by Gasteiger charge is -2.18. The first kappa shape index (κ1) is 14.7. The van der Waals surface area contributed by atoms with Gasteiger partial charge in [0, 0.05) is 16.2 Å². The van der Waals surface area contributed by atoms with Crippen LogP contribution in [0.1, 0.15) is 26.9 Å². The first-order valence-electron chi connectivity index (χ1n) is 6.74. The van der Waals surface area contributed by atoms with Crippen LogP contribution in [0.3, 0.4) is 0 Å². The maximum atomic E-state index is 12.6. The van der Waals surface area contributed by atoms with Crippen molar-refractivity contribution in [1.29, 1.82) is 0 Å². The van der Waals surface area contributed by atoms with Gasteiger partial charge in [-0.1, -0.05) is 24.3 Å². The van der Waals surface area contributed by atoms with Crippen LogP contribution in [0.2, 0.25) is 0 Å². The van der Waals surface area contributed by atoms with E-state index >= 15 is 0 Å². The molecular weight excluding hydrogens is 306 g/mol. The summed E-state index contributed by atoms with van der Waals surface area (Å²) in [5.74, 6) is 0. The predicted octanol–water partition coefficient (Wildman–Crippen LogP) is 2.30. The van der Waals surface area contributed by atoms with E-state index in [9.17, 15) is 13.5 Å². The standard InChI is InChI=1S/C15H17NO3S2/c1-9-7-14(10(2)20-9)21(18,19)16-15-12-6-4-3-5-11(12)8-13(15)17/h3-7,13,15-17H,8H2,1-2H3/t13-,15+/m1/s1. The quantitative estimate of drug-likeness (QED) is 0.911. The number of hydrogen-bond acceptors (Lipinski definition) is 4. The Morgan fingerprint density at radius 3 is 2.67 bits per heavy atom. The first-order valence-corrected chi connectivity index (χ1v) is 9.03. The summed E-state index contributed by atoms with van der Waals surface area (Å²) < 4.78 is 27.8. The zero-order valence-electron chi connectivity index (χ0n) is 11.8. The summed E-state index contributed by atoms with van der Waals surface area (Å²) in [6, 6.07) is 8.64. The zero-order valence-corrected chi connectivity index (χ0v) is 13.5. The average molecular weight is 323 g/mol. The van der Waals surface area contributed by atoms with E-state index in [0.717, 1.165) is 20.9 Å². The normalized spacial score (nSPS) is 21.5. The van der Waals surface area contributed by atoms with E-state index in [1.54, 1.807) is 13.0 Å². The molecule has 0 bridgehead atoms. The minimum atomic E-state index is -3.63. The number of aliphatic hydroxyl groups is 1. The van der Waals surface area contributed by atoms with Crippen molar-refractivity contribution in [3.05, 3.63) is 51.2 Å². The topological polar surface area (TPSA) is 66.4 Å². The maximum absolute atomic E-state index is 12.6. The highest BCUT2D eigenvalue weighted by Crippen LogP contribution is 2.33. The van der Waals surface area contributed by atoms with Crippen molar-refractivity contribution < 1.29 is 13.5 Å².